The first-order valence-electron chi connectivity index (χ1n) is 7.21. The van der Waals surface area contributed by atoms with Gasteiger partial charge in [0.05, 0.1) is 13.2 Å². The van der Waals surface area contributed by atoms with E-state index >= 15 is 0 Å². The second kappa shape index (κ2) is 11.7. The van der Waals surface area contributed by atoms with Crippen molar-refractivity contribution in [2.45, 2.75) is 18.2 Å². The Balaban J connectivity index is 2.10. The summed E-state index contributed by atoms with van der Waals surface area (Å²) in [7, 11) is 0. The number of benzene rings is 1. The number of thiocyanates is 1. The van der Waals surface area contributed by atoms with Crippen molar-refractivity contribution in [3.8, 4) is 5.40 Å². The first-order valence-corrected chi connectivity index (χ1v) is 8.43. The molecule has 23 heavy (non-hydrogen) atoms. The predicted octanol–water partition coefficient (Wildman–Crippen LogP) is 2.09. The summed E-state index contributed by atoms with van der Waals surface area (Å²) in [5.74, 6) is 0.0243. The Morgan fingerprint density at radius 3 is 2.52 bits per heavy atom. The first kappa shape index (κ1) is 19.2. The molecule has 0 aliphatic carbocycles. The summed E-state index contributed by atoms with van der Waals surface area (Å²) in [6, 6.07) is 7.43. The molecule has 0 bridgehead atoms. The van der Waals surface area contributed by atoms with Crippen molar-refractivity contribution in [3.05, 3.63) is 24.3 Å². The zero-order chi connectivity index (χ0) is 16.9. The van der Waals surface area contributed by atoms with Gasteiger partial charge in [0.2, 0.25) is 5.91 Å². The third kappa shape index (κ3) is 9.03. The van der Waals surface area contributed by atoms with Crippen LogP contribution in [-0.4, -0.2) is 37.3 Å². The highest BCUT2D eigenvalue weighted by Crippen LogP contribution is 2.18. The Hall–Kier alpha value is -1.82. The fourth-order valence-corrected chi connectivity index (χ4v) is 2.16. The number of hydrogen-bond acceptors (Lipinski definition) is 5. The molecule has 0 heterocycles. The number of thioether (sulfide) groups is 1. The molecular weight excluding hydrogens is 332 g/mol. The minimum atomic E-state index is 0.0243. The molecule has 8 heteroatoms. The van der Waals surface area contributed by atoms with Crippen LogP contribution < -0.4 is 16.0 Å². The molecule has 1 rings (SSSR count). The summed E-state index contributed by atoms with van der Waals surface area (Å²) in [5.41, 5.74) is 0.855. The quantitative estimate of drug-likeness (QED) is 0.271. The summed E-state index contributed by atoms with van der Waals surface area (Å²) >= 11 is 6.29. The largest absolute Gasteiger partial charge is 0.378 e. The number of nitrogens with one attached hydrogen (secondary N) is 3. The van der Waals surface area contributed by atoms with Gasteiger partial charge in [0.15, 0.2) is 5.11 Å². The molecule has 1 aromatic rings. The minimum absolute atomic E-state index is 0.0243. The van der Waals surface area contributed by atoms with Crippen molar-refractivity contribution in [2.75, 3.05) is 31.6 Å². The van der Waals surface area contributed by atoms with Crippen LogP contribution in [0, 0.1) is 10.7 Å². The van der Waals surface area contributed by atoms with E-state index in [0.29, 0.717) is 37.8 Å². The van der Waals surface area contributed by atoms with Crippen molar-refractivity contribution in [1.29, 1.82) is 5.26 Å². The Bertz CT molecular complexity index is 543. The lowest BCUT2D eigenvalue weighted by atomic mass is 10.3. The molecule has 3 N–H and O–H groups in total. The van der Waals surface area contributed by atoms with E-state index in [0.717, 1.165) is 22.3 Å². The average Bonchev–Trinajstić information content (AvgIpc) is 2.55. The van der Waals surface area contributed by atoms with E-state index in [9.17, 15) is 4.79 Å². The molecule has 0 aromatic heterocycles. The van der Waals surface area contributed by atoms with Crippen LogP contribution >= 0.6 is 24.0 Å². The second-order valence-corrected chi connectivity index (χ2v) is 5.68. The first-order chi connectivity index (χ1) is 11.2. The minimum Gasteiger partial charge on any atom is -0.378 e. The third-order valence-electron chi connectivity index (χ3n) is 2.70. The van der Waals surface area contributed by atoms with Crippen LogP contribution in [0.5, 0.6) is 0 Å². The maximum Gasteiger partial charge on any atom is 0.219 e. The number of anilines is 1. The van der Waals surface area contributed by atoms with E-state index < -0.39 is 0 Å². The van der Waals surface area contributed by atoms with Crippen LogP contribution in [0.1, 0.15) is 13.3 Å². The molecule has 1 amide bonds. The van der Waals surface area contributed by atoms with Crippen molar-refractivity contribution in [2.24, 2.45) is 0 Å². The molecule has 6 nitrogen and oxygen atoms in total. The number of amides is 1. The third-order valence-corrected chi connectivity index (χ3v) is 3.54. The molecule has 0 atom stereocenters. The number of nitrogens with zero attached hydrogens (tertiary/aromatic N) is 1. The van der Waals surface area contributed by atoms with Crippen LogP contribution in [0.3, 0.4) is 0 Å². The monoisotopic (exact) mass is 352 g/mol. The SMILES string of the molecule is CCC(=O)NCCOCCNC(=S)Nc1ccc(SC#N)cc1. The molecule has 0 radical (unpaired) electrons. The predicted molar refractivity (Wildman–Crippen MR) is 96.3 cm³/mol. The van der Waals surface area contributed by atoms with E-state index in [1.165, 1.54) is 0 Å². The van der Waals surface area contributed by atoms with Gasteiger partial charge in [-0.2, -0.15) is 5.26 Å². The maximum atomic E-state index is 11.0. The van der Waals surface area contributed by atoms with E-state index in [1.807, 2.05) is 36.6 Å². The molecule has 1 aromatic carbocycles. The van der Waals surface area contributed by atoms with Crippen LogP contribution in [0.4, 0.5) is 5.69 Å². The van der Waals surface area contributed by atoms with Gasteiger partial charge in [-0.05, 0) is 48.2 Å². The fourth-order valence-electron chi connectivity index (χ4n) is 1.56. The smallest absolute Gasteiger partial charge is 0.219 e. The van der Waals surface area contributed by atoms with Crippen LogP contribution in [0.15, 0.2) is 29.2 Å². The summed E-state index contributed by atoms with van der Waals surface area (Å²) in [5, 5.41) is 19.9. The summed E-state index contributed by atoms with van der Waals surface area (Å²) in [6.07, 6.45) is 0.484. The number of nitriles is 1. The molecule has 0 saturated carbocycles. The Morgan fingerprint density at radius 1 is 1.26 bits per heavy atom. The number of ether oxygens (including phenoxy) is 1. The lowest BCUT2D eigenvalue weighted by Crippen LogP contribution is -2.32. The lowest BCUT2D eigenvalue weighted by molar-refractivity contribution is -0.121. The van der Waals surface area contributed by atoms with E-state index in [-0.39, 0.29) is 5.91 Å². The lowest BCUT2D eigenvalue weighted by Gasteiger charge is -2.11. The maximum absolute atomic E-state index is 11.0. The molecule has 124 valence electrons. The number of rotatable bonds is 9. The zero-order valence-electron chi connectivity index (χ0n) is 12.9. The van der Waals surface area contributed by atoms with Gasteiger partial charge in [-0.1, -0.05) is 6.92 Å². The standard InChI is InChI=1S/C15H20N4O2S2/c1-2-14(20)17-7-9-21-10-8-18-15(22)19-12-3-5-13(6-4-12)23-11-16/h3-6H,2,7-10H2,1H3,(H,17,20)(H2,18,19,22). The van der Waals surface area contributed by atoms with Crippen molar-refractivity contribution in [3.63, 3.8) is 0 Å². The second-order valence-electron chi connectivity index (χ2n) is 4.41. The van der Waals surface area contributed by atoms with E-state index in [1.54, 1.807) is 0 Å². The van der Waals surface area contributed by atoms with Gasteiger partial charge in [-0.15, -0.1) is 0 Å². The highest BCUT2D eigenvalue weighted by atomic mass is 32.2. The van der Waals surface area contributed by atoms with Gasteiger partial charge in [0.25, 0.3) is 0 Å². The van der Waals surface area contributed by atoms with Gasteiger partial charge in [0, 0.05) is 30.1 Å². The molecule has 0 fully saturated rings. The highest BCUT2D eigenvalue weighted by molar-refractivity contribution is 8.03. The molecule has 0 aliphatic heterocycles. The van der Waals surface area contributed by atoms with Crippen molar-refractivity contribution < 1.29 is 9.53 Å². The molecule has 0 spiro atoms. The van der Waals surface area contributed by atoms with Gasteiger partial charge in [-0.25, -0.2) is 0 Å². The Morgan fingerprint density at radius 2 is 1.91 bits per heavy atom. The normalized spacial score (nSPS) is 9.74. The number of carbonyl (C=O) groups is 1. The summed E-state index contributed by atoms with van der Waals surface area (Å²) in [6.45, 7) is 3.88. The van der Waals surface area contributed by atoms with E-state index in [2.05, 4.69) is 16.0 Å². The topological polar surface area (TPSA) is 86.2 Å². The van der Waals surface area contributed by atoms with Crippen molar-refractivity contribution >= 4 is 40.7 Å². The van der Waals surface area contributed by atoms with Crippen LogP contribution in [-0.2, 0) is 9.53 Å². The number of hydrogen-bond donors (Lipinski definition) is 3. The molecule has 0 aliphatic rings. The molecular formula is C15H20N4O2S2. The van der Waals surface area contributed by atoms with Gasteiger partial charge >= 0.3 is 0 Å². The van der Waals surface area contributed by atoms with Gasteiger partial charge < -0.3 is 20.7 Å². The van der Waals surface area contributed by atoms with Crippen LogP contribution in [0.25, 0.3) is 0 Å². The fraction of sp³-hybridized carbons (Fsp3) is 0.400. The Kier molecular flexibility index (Phi) is 9.79. The van der Waals surface area contributed by atoms with Crippen molar-refractivity contribution in [1.82, 2.24) is 10.6 Å². The van der Waals surface area contributed by atoms with E-state index in [4.69, 9.17) is 22.2 Å². The summed E-state index contributed by atoms with van der Waals surface area (Å²) in [4.78, 5) is 11.9. The van der Waals surface area contributed by atoms with Gasteiger partial charge in [-0.3, -0.25) is 4.79 Å². The Labute approximate surface area is 146 Å². The average molecular weight is 352 g/mol. The van der Waals surface area contributed by atoms with Crippen LogP contribution in [0.2, 0.25) is 0 Å². The number of thiocarbonyl (C=S) groups is 1. The highest BCUT2D eigenvalue weighted by Gasteiger charge is 1.99. The zero-order valence-corrected chi connectivity index (χ0v) is 14.6. The summed E-state index contributed by atoms with van der Waals surface area (Å²) < 4.78 is 5.37. The van der Waals surface area contributed by atoms with Gasteiger partial charge in [0.1, 0.15) is 5.40 Å². The number of carbonyl (C=O) groups excluding carboxylic acids is 1. The molecule has 0 unspecified atom stereocenters. The molecule has 0 saturated heterocycles.